The number of hydrogen-bond acceptors (Lipinski definition) is 3. The van der Waals surface area contributed by atoms with Gasteiger partial charge in [-0.2, -0.15) is 0 Å². The van der Waals surface area contributed by atoms with Gasteiger partial charge < -0.3 is 16.8 Å². The van der Waals surface area contributed by atoms with Crippen LogP contribution < -0.4 is 16.8 Å². The number of hydrogen-bond donors (Lipinski definition) is 3. The Morgan fingerprint density at radius 2 is 1.80 bits per heavy atom. The van der Waals surface area contributed by atoms with E-state index in [0.29, 0.717) is 22.0 Å². The van der Waals surface area contributed by atoms with Gasteiger partial charge in [-0.15, -0.1) is 0 Å². The number of nitrogens with one attached hydrogen (secondary N) is 1. The molecule has 0 aromatic heterocycles. The third-order valence-corrected chi connectivity index (χ3v) is 3.03. The fourth-order valence-corrected chi connectivity index (χ4v) is 1.83. The van der Waals surface area contributed by atoms with Crippen molar-refractivity contribution in [3.63, 3.8) is 0 Å². The van der Waals surface area contributed by atoms with Crippen molar-refractivity contribution < 1.29 is 9.59 Å². The first-order valence-electron chi connectivity index (χ1n) is 5.74. The Balaban J connectivity index is 2.30. The van der Waals surface area contributed by atoms with Gasteiger partial charge in [0, 0.05) is 11.3 Å². The fourth-order valence-electron chi connectivity index (χ4n) is 1.67. The zero-order valence-corrected chi connectivity index (χ0v) is 11.1. The second kappa shape index (κ2) is 5.63. The van der Waals surface area contributed by atoms with Crippen molar-refractivity contribution in [3.05, 3.63) is 58.6 Å². The standard InChI is InChI=1S/C14H12ClN3O2/c15-10-6-5-8(13(17)19)7-12(10)18-14(20)9-3-1-2-4-11(9)16/h1-7H,16H2,(H2,17,19)(H,18,20). The minimum absolute atomic E-state index is 0.255. The number of anilines is 2. The van der Waals surface area contributed by atoms with E-state index in [1.54, 1.807) is 24.3 Å². The molecule has 0 aliphatic heterocycles. The molecule has 5 N–H and O–H groups in total. The summed E-state index contributed by atoms with van der Waals surface area (Å²) in [6.07, 6.45) is 0. The number of para-hydroxylation sites is 1. The molecule has 6 heteroatoms. The molecular formula is C14H12ClN3O2. The van der Waals surface area contributed by atoms with E-state index in [0.717, 1.165) is 0 Å². The predicted octanol–water partition coefficient (Wildman–Crippen LogP) is 2.27. The van der Waals surface area contributed by atoms with E-state index >= 15 is 0 Å². The molecule has 2 rings (SSSR count). The molecule has 5 nitrogen and oxygen atoms in total. The maximum Gasteiger partial charge on any atom is 0.257 e. The van der Waals surface area contributed by atoms with Gasteiger partial charge in [-0.25, -0.2) is 0 Å². The van der Waals surface area contributed by atoms with Crippen LogP contribution in [0.3, 0.4) is 0 Å². The van der Waals surface area contributed by atoms with E-state index in [9.17, 15) is 9.59 Å². The number of amides is 2. The summed E-state index contributed by atoms with van der Waals surface area (Å²) in [5.41, 5.74) is 12.1. The topological polar surface area (TPSA) is 98.2 Å². The SMILES string of the molecule is NC(=O)c1ccc(Cl)c(NC(=O)c2ccccc2N)c1. The largest absolute Gasteiger partial charge is 0.398 e. The number of carbonyl (C=O) groups is 2. The minimum Gasteiger partial charge on any atom is -0.398 e. The van der Waals surface area contributed by atoms with Gasteiger partial charge in [-0.1, -0.05) is 23.7 Å². The van der Waals surface area contributed by atoms with Crippen LogP contribution >= 0.6 is 11.6 Å². The Bertz CT molecular complexity index is 686. The molecule has 0 saturated carbocycles. The molecule has 2 aromatic rings. The summed E-state index contributed by atoms with van der Waals surface area (Å²) in [5, 5.41) is 2.91. The van der Waals surface area contributed by atoms with Gasteiger partial charge in [0.25, 0.3) is 5.91 Å². The first kappa shape index (κ1) is 13.9. The van der Waals surface area contributed by atoms with E-state index in [2.05, 4.69) is 5.32 Å². The van der Waals surface area contributed by atoms with Gasteiger partial charge in [-0.05, 0) is 30.3 Å². The normalized spacial score (nSPS) is 10.1. The van der Waals surface area contributed by atoms with Gasteiger partial charge in [0.1, 0.15) is 0 Å². The fraction of sp³-hybridized carbons (Fsp3) is 0. The summed E-state index contributed by atoms with van der Waals surface area (Å²) in [6, 6.07) is 11.0. The zero-order chi connectivity index (χ0) is 14.7. The molecule has 0 saturated heterocycles. The molecule has 0 atom stereocenters. The summed E-state index contributed by atoms with van der Waals surface area (Å²) < 4.78 is 0. The first-order chi connectivity index (χ1) is 9.49. The average Bonchev–Trinajstić information content (AvgIpc) is 2.41. The molecule has 0 aliphatic rings. The van der Waals surface area contributed by atoms with Crippen molar-refractivity contribution in [2.75, 3.05) is 11.1 Å². The Kier molecular flexibility index (Phi) is 3.91. The van der Waals surface area contributed by atoms with Gasteiger partial charge >= 0.3 is 0 Å². The summed E-state index contributed by atoms with van der Waals surface area (Å²) in [7, 11) is 0. The summed E-state index contributed by atoms with van der Waals surface area (Å²) in [5.74, 6) is -1.01. The highest BCUT2D eigenvalue weighted by atomic mass is 35.5. The van der Waals surface area contributed by atoms with E-state index in [1.165, 1.54) is 18.2 Å². The molecule has 0 fully saturated rings. The molecule has 0 heterocycles. The van der Waals surface area contributed by atoms with E-state index in [-0.39, 0.29) is 5.56 Å². The molecule has 0 spiro atoms. The molecule has 102 valence electrons. The van der Waals surface area contributed by atoms with E-state index in [1.807, 2.05) is 0 Å². The molecule has 0 bridgehead atoms. The smallest absolute Gasteiger partial charge is 0.257 e. The van der Waals surface area contributed by atoms with E-state index in [4.69, 9.17) is 23.1 Å². The Morgan fingerprint density at radius 1 is 1.10 bits per heavy atom. The van der Waals surface area contributed by atoms with Crippen molar-refractivity contribution >= 4 is 34.8 Å². The molecule has 2 amide bonds. The van der Waals surface area contributed by atoms with Crippen LogP contribution in [0.2, 0.25) is 5.02 Å². The van der Waals surface area contributed by atoms with Crippen LogP contribution in [0.15, 0.2) is 42.5 Å². The third-order valence-electron chi connectivity index (χ3n) is 2.70. The van der Waals surface area contributed by atoms with E-state index < -0.39 is 11.8 Å². The van der Waals surface area contributed by atoms with Crippen molar-refractivity contribution in [2.24, 2.45) is 5.73 Å². The highest BCUT2D eigenvalue weighted by molar-refractivity contribution is 6.34. The lowest BCUT2D eigenvalue weighted by molar-refractivity contribution is 0.0996. The van der Waals surface area contributed by atoms with Crippen LogP contribution in [0.25, 0.3) is 0 Å². The lowest BCUT2D eigenvalue weighted by Crippen LogP contribution is -2.16. The molecular weight excluding hydrogens is 278 g/mol. The highest BCUT2D eigenvalue weighted by Gasteiger charge is 2.12. The van der Waals surface area contributed by atoms with Crippen molar-refractivity contribution in [1.82, 2.24) is 0 Å². The number of halogens is 1. The van der Waals surface area contributed by atoms with Crippen LogP contribution in [-0.2, 0) is 0 Å². The van der Waals surface area contributed by atoms with Crippen LogP contribution in [0, 0.1) is 0 Å². The summed E-state index contributed by atoms with van der Waals surface area (Å²) in [4.78, 5) is 23.2. The number of nitrogen functional groups attached to an aromatic ring is 1. The number of carbonyl (C=O) groups excluding carboxylic acids is 2. The maximum absolute atomic E-state index is 12.1. The van der Waals surface area contributed by atoms with Crippen molar-refractivity contribution in [2.45, 2.75) is 0 Å². The average molecular weight is 290 g/mol. The number of nitrogens with two attached hydrogens (primary N) is 2. The quantitative estimate of drug-likeness (QED) is 0.756. The molecule has 0 radical (unpaired) electrons. The molecule has 20 heavy (non-hydrogen) atoms. The van der Waals surface area contributed by atoms with Gasteiger partial charge in [-0.3, -0.25) is 9.59 Å². The third kappa shape index (κ3) is 2.89. The number of primary amides is 1. The Morgan fingerprint density at radius 3 is 2.45 bits per heavy atom. The van der Waals surface area contributed by atoms with Crippen LogP contribution in [0.4, 0.5) is 11.4 Å². The molecule has 0 aliphatic carbocycles. The maximum atomic E-state index is 12.1. The highest BCUT2D eigenvalue weighted by Crippen LogP contribution is 2.24. The van der Waals surface area contributed by atoms with Gasteiger partial charge in [0.05, 0.1) is 16.3 Å². The van der Waals surface area contributed by atoms with Crippen molar-refractivity contribution in [3.8, 4) is 0 Å². The van der Waals surface area contributed by atoms with Crippen molar-refractivity contribution in [1.29, 1.82) is 0 Å². The van der Waals surface area contributed by atoms with Crippen LogP contribution in [0.5, 0.6) is 0 Å². The number of rotatable bonds is 3. The van der Waals surface area contributed by atoms with Gasteiger partial charge in [0.15, 0.2) is 0 Å². The lowest BCUT2D eigenvalue weighted by Gasteiger charge is -2.09. The van der Waals surface area contributed by atoms with Gasteiger partial charge in [0.2, 0.25) is 5.91 Å². The summed E-state index contributed by atoms with van der Waals surface area (Å²) in [6.45, 7) is 0. The molecule has 0 unspecified atom stereocenters. The zero-order valence-electron chi connectivity index (χ0n) is 10.4. The number of benzene rings is 2. The minimum atomic E-state index is -0.601. The Labute approximate surface area is 120 Å². The monoisotopic (exact) mass is 289 g/mol. The molecule has 2 aromatic carbocycles. The first-order valence-corrected chi connectivity index (χ1v) is 6.12. The lowest BCUT2D eigenvalue weighted by atomic mass is 10.1. The van der Waals surface area contributed by atoms with Crippen LogP contribution in [-0.4, -0.2) is 11.8 Å². The predicted molar refractivity (Wildman–Crippen MR) is 78.8 cm³/mol. The second-order valence-corrected chi connectivity index (χ2v) is 4.51. The van der Waals surface area contributed by atoms with Crippen LogP contribution in [0.1, 0.15) is 20.7 Å². The second-order valence-electron chi connectivity index (χ2n) is 4.10. The summed E-state index contributed by atoms with van der Waals surface area (Å²) >= 11 is 5.97. The Hall–Kier alpha value is -2.53.